The molecule has 0 aliphatic carbocycles. The Kier molecular flexibility index (Phi) is 5.50. The largest absolute Gasteiger partial charge is 0.459 e. The molecule has 7 heteroatoms. The molecule has 7 nitrogen and oxygen atoms in total. The van der Waals surface area contributed by atoms with Gasteiger partial charge in [0.25, 0.3) is 17.4 Å². The average Bonchev–Trinajstić information content (AvgIpc) is 3.19. The Morgan fingerprint density at radius 1 is 1.13 bits per heavy atom. The lowest BCUT2D eigenvalue weighted by molar-refractivity contribution is 0.0700. The van der Waals surface area contributed by atoms with E-state index in [0.717, 1.165) is 22.3 Å². The van der Waals surface area contributed by atoms with Crippen molar-refractivity contribution in [3.63, 3.8) is 0 Å². The lowest BCUT2D eigenvalue weighted by atomic mass is 9.95. The van der Waals surface area contributed by atoms with Crippen molar-refractivity contribution in [3.05, 3.63) is 92.8 Å². The molecule has 0 saturated heterocycles. The molecule has 160 valence electrons. The van der Waals surface area contributed by atoms with Crippen molar-refractivity contribution in [1.29, 1.82) is 0 Å². The molecule has 3 aromatic rings. The van der Waals surface area contributed by atoms with E-state index in [2.05, 4.69) is 0 Å². The summed E-state index contributed by atoms with van der Waals surface area (Å²) in [5.41, 5.74) is 3.18. The summed E-state index contributed by atoms with van der Waals surface area (Å²) in [5, 5.41) is 0. The van der Waals surface area contributed by atoms with E-state index in [1.807, 2.05) is 37.3 Å². The van der Waals surface area contributed by atoms with E-state index in [1.54, 1.807) is 35.8 Å². The summed E-state index contributed by atoms with van der Waals surface area (Å²) >= 11 is 0. The normalized spacial score (nSPS) is 13.1. The number of hydrogen-bond acceptors (Lipinski definition) is 4. The van der Waals surface area contributed by atoms with E-state index in [9.17, 15) is 14.4 Å². The third kappa shape index (κ3) is 3.91. The van der Waals surface area contributed by atoms with Crippen LogP contribution in [0.3, 0.4) is 0 Å². The van der Waals surface area contributed by atoms with E-state index in [4.69, 9.17) is 4.42 Å². The maximum atomic E-state index is 13.3. The van der Waals surface area contributed by atoms with Gasteiger partial charge in [-0.2, -0.15) is 0 Å². The summed E-state index contributed by atoms with van der Waals surface area (Å²) in [7, 11) is 3.28. The van der Waals surface area contributed by atoms with Gasteiger partial charge in [0, 0.05) is 38.9 Å². The van der Waals surface area contributed by atoms with Gasteiger partial charge >= 0.3 is 0 Å². The number of aromatic nitrogens is 1. The van der Waals surface area contributed by atoms with E-state index < -0.39 is 0 Å². The number of carbonyl (C=O) groups excluding carboxylic acids is 2. The first-order valence-electron chi connectivity index (χ1n) is 10.2. The molecule has 2 amide bonds. The minimum absolute atomic E-state index is 0.186. The zero-order valence-electron chi connectivity index (χ0n) is 17.9. The van der Waals surface area contributed by atoms with Crippen molar-refractivity contribution in [3.8, 4) is 0 Å². The molecule has 0 radical (unpaired) electrons. The van der Waals surface area contributed by atoms with E-state index >= 15 is 0 Å². The number of rotatable bonds is 4. The Balaban J connectivity index is 1.76. The Morgan fingerprint density at radius 3 is 2.52 bits per heavy atom. The Bertz CT molecular complexity index is 1190. The number of hydrogen-bond donors (Lipinski definition) is 0. The van der Waals surface area contributed by atoms with Crippen molar-refractivity contribution >= 4 is 11.8 Å². The van der Waals surface area contributed by atoms with Gasteiger partial charge in [-0.05, 0) is 36.1 Å². The first kappa shape index (κ1) is 20.7. The molecular formula is C24H25N3O4. The summed E-state index contributed by atoms with van der Waals surface area (Å²) in [6.45, 7) is 2.92. The van der Waals surface area contributed by atoms with Crippen molar-refractivity contribution in [2.45, 2.75) is 26.4 Å². The zero-order valence-corrected chi connectivity index (χ0v) is 17.9. The second kappa shape index (κ2) is 8.26. The molecule has 4 rings (SSSR count). The summed E-state index contributed by atoms with van der Waals surface area (Å²) < 4.78 is 6.94. The summed E-state index contributed by atoms with van der Waals surface area (Å²) in [5.74, 6) is -0.176. The molecule has 0 fully saturated rings. The highest BCUT2D eigenvalue weighted by Gasteiger charge is 2.30. The third-order valence-electron chi connectivity index (χ3n) is 5.63. The van der Waals surface area contributed by atoms with E-state index in [0.29, 0.717) is 31.8 Å². The summed E-state index contributed by atoms with van der Waals surface area (Å²) in [6, 6.07) is 11.4. The van der Waals surface area contributed by atoms with Crippen LogP contribution in [-0.2, 0) is 19.5 Å². The zero-order chi connectivity index (χ0) is 22.1. The first-order chi connectivity index (χ1) is 14.9. The third-order valence-corrected chi connectivity index (χ3v) is 5.63. The fraction of sp³-hybridized carbons (Fsp3) is 0.292. The number of furan rings is 1. The molecule has 3 heterocycles. The molecule has 0 N–H and O–H groups in total. The quantitative estimate of drug-likeness (QED) is 0.652. The minimum Gasteiger partial charge on any atom is -0.459 e. The number of amides is 2. The topological polar surface area (TPSA) is 75.8 Å². The Morgan fingerprint density at radius 2 is 1.87 bits per heavy atom. The van der Waals surface area contributed by atoms with Crippen molar-refractivity contribution < 1.29 is 14.0 Å². The van der Waals surface area contributed by atoms with Crippen LogP contribution in [0.5, 0.6) is 0 Å². The maximum absolute atomic E-state index is 13.3. The van der Waals surface area contributed by atoms with Gasteiger partial charge in [-0.15, -0.1) is 0 Å². The molecule has 1 aliphatic rings. The second-order valence-electron chi connectivity index (χ2n) is 8.04. The van der Waals surface area contributed by atoms with Gasteiger partial charge in [0.15, 0.2) is 5.76 Å². The highest BCUT2D eigenvalue weighted by atomic mass is 16.3. The standard InChI is InChI=1S/C24H25N3O4/c1-16-10-12-31-21(16)24(30)26-11-9-19-18(14-26)15-27(13-17-7-5-4-6-8-17)23(29)20(19)22(28)25(2)3/h4-8,10,12,15H,9,11,13-14H2,1-3H3. The number of nitrogens with zero attached hydrogens (tertiary/aromatic N) is 3. The van der Waals surface area contributed by atoms with E-state index in [-0.39, 0.29) is 22.9 Å². The monoisotopic (exact) mass is 419 g/mol. The van der Waals surface area contributed by atoms with Gasteiger partial charge in [-0.1, -0.05) is 30.3 Å². The highest BCUT2D eigenvalue weighted by Crippen LogP contribution is 2.24. The SMILES string of the molecule is Cc1ccoc1C(=O)N1CCc2c(cn(Cc3ccccc3)c(=O)c2C(=O)N(C)C)C1. The van der Waals surface area contributed by atoms with Crippen LogP contribution in [0, 0.1) is 6.92 Å². The molecule has 1 aromatic carbocycles. The number of carbonyl (C=O) groups is 2. The maximum Gasteiger partial charge on any atom is 0.290 e. The molecule has 0 atom stereocenters. The molecule has 1 aliphatic heterocycles. The van der Waals surface area contributed by atoms with Crippen LogP contribution in [0.15, 0.2) is 58.1 Å². The second-order valence-corrected chi connectivity index (χ2v) is 8.04. The Labute approximate surface area is 180 Å². The molecule has 0 bridgehead atoms. The molecule has 2 aromatic heterocycles. The molecular weight excluding hydrogens is 394 g/mol. The van der Waals surface area contributed by atoms with Crippen molar-refractivity contribution in [2.24, 2.45) is 0 Å². The highest BCUT2D eigenvalue weighted by molar-refractivity contribution is 5.96. The van der Waals surface area contributed by atoms with Gasteiger partial charge in [-0.3, -0.25) is 14.4 Å². The smallest absolute Gasteiger partial charge is 0.290 e. The average molecular weight is 419 g/mol. The van der Waals surface area contributed by atoms with Crippen LogP contribution in [0.1, 0.15) is 43.2 Å². The molecule has 0 unspecified atom stereocenters. The van der Waals surface area contributed by atoms with E-state index in [1.165, 1.54) is 11.2 Å². The van der Waals surface area contributed by atoms with Crippen molar-refractivity contribution in [2.75, 3.05) is 20.6 Å². The van der Waals surface area contributed by atoms with Crippen LogP contribution >= 0.6 is 0 Å². The van der Waals surface area contributed by atoms with Crippen molar-refractivity contribution in [1.82, 2.24) is 14.4 Å². The van der Waals surface area contributed by atoms with Crippen LogP contribution < -0.4 is 5.56 Å². The van der Waals surface area contributed by atoms with Gasteiger partial charge in [0.2, 0.25) is 0 Å². The number of fused-ring (bicyclic) bond motifs is 1. The first-order valence-corrected chi connectivity index (χ1v) is 10.2. The summed E-state index contributed by atoms with van der Waals surface area (Å²) in [6.07, 6.45) is 3.73. The van der Waals surface area contributed by atoms with Gasteiger partial charge in [0.05, 0.1) is 12.8 Å². The lowest BCUT2D eigenvalue weighted by Gasteiger charge is -2.30. The Hall–Kier alpha value is -3.61. The minimum atomic E-state index is -0.315. The van der Waals surface area contributed by atoms with Gasteiger partial charge < -0.3 is 18.8 Å². The van der Waals surface area contributed by atoms with Crippen LogP contribution in [-0.4, -0.2) is 46.8 Å². The van der Waals surface area contributed by atoms with Crippen LogP contribution in [0.4, 0.5) is 0 Å². The lowest BCUT2D eigenvalue weighted by Crippen LogP contribution is -2.41. The molecule has 0 saturated carbocycles. The number of benzene rings is 1. The van der Waals surface area contributed by atoms with Crippen LogP contribution in [0.25, 0.3) is 0 Å². The fourth-order valence-electron chi connectivity index (χ4n) is 3.96. The molecule has 31 heavy (non-hydrogen) atoms. The summed E-state index contributed by atoms with van der Waals surface area (Å²) in [4.78, 5) is 42.2. The predicted molar refractivity (Wildman–Crippen MR) is 116 cm³/mol. The fourth-order valence-corrected chi connectivity index (χ4v) is 3.96. The van der Waals surface area contributed by atoms with Crippen LogP contribution in [0.2, 0.25) is 0 Å². The van der Waals surface area contributed by atoms with Gasteiger partial charge in [-0.25, -0.2) is 0 Å². The predicted octanol–water partition coefficient (Wildman–Crippen LogP) is 2.70. The molecule has 0 spiro atoms. The number of aryl methyl sites for hydroxylation is 1. The van der Waals surface area contributed by atoms with Gasteiger partial charge in [0.1, 0.15) is 5.56 Å². The number of pyridine rings is 1.